The predicted molar refractivity (Wildman–Crippen MR) is 112 cm³/mol. The van der Waals surface area contributed by atoms with Crippen LogP contribution in [0.4, 0.5) is 14.5 Å². The van der Waals surface area contributed by atoms with Crippen molar-refractivity contribution in [3.8, 4) is 0 Å². The molecule has 2 aromatic carbocycles. The molecule has 0 unspecified atom stereocenters. The molecule has 0 saturated carbocycles. The van der Waals surface area contributed by atoms with Crippen molar-refractivity contribution in [1.82, 2.24) is 4.31 Å². The normalized spacial score (nSPS) is 15.9. The van der Waals surface area contributed by atoms with Gasteiger partial charge in [0.25, 0.3) is 0 Å². The molecule has 2 aromatic rings. The van der Waals surface area contributed by atoms with Gasteiger partial charge in [0.2, 0.25) is 15.9 Å². The first kappa shape index (κ1) is 22.4. The predicted octanol–water partition coefficient (Wildman–Crippen LogP) is 4.13. The van der Waals surface area contributed by atoms with Crippen molar-refractivity contribution in [3.63, 3.8) is 0 Å². The van der Waals surface area contributed by atoms with Gasteiger partial charge in [-0.1, -0.05) is 32.0 Å². The molecule has 0 aliphatic carbocycles. The maximum Gasteiger partial charge on any atom is 0.243 e. The average molecular weight is 437 g/mol. The number of benzene rings is 2. The summed E-state index contributed by atoms with van der Waals surface area (Å²) in [7, 11) is -3.94. The second-order valence-corrected chi connectivity index (χ2v) is 9.34. The van der Waals surface area contributed by atoms with E-state index in [4.69, 9.17) is 0 Å². The highest BCUT2D eigenvalue weighted by Gasteiger charge is 2.32. The average Bonchev–Trinajstić information content (AvgIpc) is 2.75. The minimum Gasteiger partial charge on any atom is -0.325 e. The lowest BCUT2D eigenvalue weighted by molar-refractivity contribution is -0.120. The van der Waals surface area contributed by atoms with Gasteiger partial charge in [-0.25, -0.2) is 17.2 Å². The van der Waals surface area contributed by atoms with Crippen LogP contribution >= 0.6 is 0 Å². The fourth-order valence-electron chi connectivity index (χ4n) is 3.77. The largest absolute Gasteiger partial charge is 0.325 e. The second-order valence-electron chi connectivity index (χ2n) is 7.40. The van der Waals surface area contributed by atoms with Gasteiger partial charge in [-0.2, -0.15) is 4.31 Å². The Hall–Kier alpha value is -2.32. The van der Waals surface area contributed by atoms with Crippen LogP contribution in [0.15, 0.2) is 41.3 Å². The monoisotopic (exact) mass is 436 g/mol. The SMILES string of the molecule is CCc1cccc(CC)c1NC(=O)C1CCN(S(=O)(=O)c2ccc(F)c(F)c2)CC1. The Morgan fingerprint density at radius 3 is 2.17 bits per heavy atom. The minimum absolute atomic E-state index is 0.115. The standard InChI is InChI=1S/C22H26F2N2O3S/c1-3-15-6-5-7-16(4-2)21(15)25-22(27)17-10-12-26(13-11-17)30(28,29)18-8-9-19(23)20(24)14-18/h5-9,14,17H,3-4,10-13H2,1-2H3,(H,25,27). The number of anilines is 1. The van der Waals surface area contributed by atoms with E-state index in [1.54, 1.807) is 0 Å². The number of piperidine rings is 1. The Bertz CT molecular complexity index is 1010. The number of nitrogens with one attached hydrogen (secondary N) is 1. The number of hydrogen-bond donors (Lipinski definition) is 1. The first-order valence-corrected chi connectivity index (χ1v) is 11.6. The quantitative estimate of drug-likeness (QED) is 0.741. The van der Waals surface area contributed by atoms with Crippen LogP contribution in [-0.4, -0.2) is 31.7 Å². The minimum atomic E-state index is -3.94. The number of carbonyl (C=O) groups excluding carboxylic acids is 1. The van der Waals surface area contributed by atoms with Crippen LogP contribution in [0.25, 0.3) is 0 Å². The summed E-state index contributed by atoms with van der Waals surface area (Å²) >= 11 is 0. The van der Waals surface area contributed by atoms with E-state index in [0.29, 0.717) is 18.9 Å². The third-order valence-corrected chi connectivity index (χ3v) is 7.50. The van der Waals surface area contributed by atoms with Crippen molar-refractivity contribution in [1.29, 1.82) is 0 Å². The van der Waals surface area contributed by atoms with Gasteiger partial charge in [-0.05, 0) is 55.0 Å². The summed E-state index contributed by atoms with van der Waals surface area (Å²) in [6.07, 6.45) is 2.33. The van der Waals surface area contributed by atoms with Gasteiger partial charge in [0.15, 0.2) is 11.6 Å². The Morgan fingerprint density at radius 2 is 1.63 bits per heavy atom. The van der Waals surface area contributed by atoms with Crippen LogP contribution in [0.1, 0.15) is 37.8 Å². The van der Waals surface area contributed by atoms with E-state index in [2.05, 4.69) is 5.32 Å². The van der Waals surface area contributed by atoms with Crippen molar-refractivity contribution in [2.75, 3.05) is 18.4 Å². The molecule has 1 fully saturated rings. The number of sulfonamides is 1. The van der Waals surface area contributed by atoms with Gasteiger partial charge in [-0.3, -0.25) is 4.79 Å². The van der Waals surface area contributed by atoms with Crippen molar-refractivity contribution in [3.05, 3.63) is 59.2 Å². The summed E-state index contributed by atoms with van der Waals surface area (Å²) in [6.45, 7) is 4.36. The highest BCUT2D eigenvalue weighted by atomic mass is 32.2. The van der Waals surface area contributed by atoms with E-state index in [9.17, 15) is 22.0 Å². The molecule has 0 bridgehead atoms. The van der Waals surface area contributed by atoms with Gasteiger partial charge in [0, 0.05) is 24.7 Å². The molecule has 1 amide bonds. The molecule has 1 aliphatic heterocycles. The third-order valence-electron chi connectivity index (χ3n) is 5.60. The summed E-state index contributed by atoms with van der Waals surface area (Å²) in [6, 6.07) is 8.52. The molecule has 0 atom stereocenters. The molecule has 1 saturated heterocycles. The Morgan fingerprint density at radius 1 is 1.03 bits per heavy atom. The molecule has 3 rings (SSSR count). The van der Waals surface area contributed by atoms with Crippen LogP contribution in [0.5, 0.6) is 0 Å². The topological polar surface area (TPSA) is 66.5 Å². The molecular weight excluding hydrogens is 410 g/mol. The van der Waals surface area contributed by atoms with Gasteiger partial charge < -0.3 is 5.32 Å². The molecule has 1 N–H and O–H groups in total. The number of para-hydroxylation sites is 1. The lowest BCUT2D eigenvalue weighted by Gasteiger charge is -2.31. The van der Waals surface area contributed by atoms with E-state index in [0.717, 1.165) is 41.8 Å². The van der Waals surface area contributed by atoms with Gasteiger partial charge in [-0.15, -0.1) is 0 Å². The molecule has 0 aromatic heterocycles. The maximum atomic E-state index is 13.5. The number of amides is 1. The fraction of sp³-hybridized carbons (Fsp3) is 0.409. The number of aryl methyl sites for hydroxylation is 2. The van der Waals surface area contributed by atoms with E-state index in [1.807, 2.05) is 32.0 Å². The summed E-state index contributed by atoms with van der Waals surface area (Å²) in [5.74, 6) is -2.72. The number of carbonyl (C=O) groups is 1. The summed E-state index contributed by atoms with van der Waals surface area (Å²) < 4.78 is 53.3. The first-order valence-electron chi connectivity index (χ1n) is 10.1. The van der Waals surface area contributed by atoms with E-state index in [-0.39, 0.29) is 29.8 Å². The van der Waals surface area contributed by atoms with Gasteiger partial charge in [0.05, 0.1) is 4.90 Å². The molecule has 0 spiro atoms. The smallest absolute Gasteiger partial charge is 0.243 e. The molecule has 162 valence electrons. The maximum absolute atomic E-state index is 13.5. The van der Waals surface area contributed by atoms with E-state index in [1.165, 1.54) is 4.31 Å². The van der Waals surface area contributed by atoms with Crippen molar-refractivity contribution in [2.45, 2.75) is 44.4 Å². The van der Waals surface area contributed by atoms with Crippen LogP contribution in [0.2, 0.25) is 0 Å². The zero-order chi connectivity index (χ0) is 21.9. The van der Waals surface area contributed by atoms with Crippen LogP contribution in [-0.2, 0) is 27.7 Å². The van der Waals surface area contributed by atoms with Gasteiger partial charge >= 0.3 is 0 Å². The molecule has 1 aliphatic rings. The molecular formula is C22H26F2N2O3S. The van der Waals surface area contributed by atoms with Crippen molar-refractivity contribution < 1.29 is 22.0 Å². The molecule has 0 radical (unpaired) electrons. The highest BCUT2D eigenvalue weighted by Crippen LogP contribution is 2.28. The first-order chi connectivity index (χ1) is 14.3. The number of nitrogens with zero attached hydrogens (tertiary/aromatic N) is 1. The zero-order valence-corrected chi connectivity index (χ0v) is 17.9. The highest BCUT2D eigenvalue weighted by molar-refractivity contribution is 7.89. The Labute approximate surface area is 176 Å². The van der Waals surface area contributed by atoms with Crippen LogP contribution < -0.4 is 5.32 Å². The Kier molecular flexibility index (Phi) is 6.88. The van der Waals surface area contributed by atoms with Gasteiger partial charge in [0.1, 0.15) is 0 Å². The van der Waals surface area contributed by atoms with Crippen molar-refractivity contribution in [2.24, 2.45) is 5.92 Å². The van der Waals surface area contributed by atoms with Crippen LogP contribution in [0.3, 0.4) is 0 Å². The number of halogens is 2. The second kappa shape index (κ2) is 9.22. The van der Waals surface area contributed by atoms with E-state index < -0.39 is 21.7 Å². The number of hydrogen-bond acceptors (Lipinski definition) is 3. The molecule has 30 heavy (non-hydrogen) atoms. The zero-order valence-electron chi connectivity index (χ0n) is 17.1. The Balaban J connectivity index is 1.68. The van der Waals surface area contributed by atoms with Crippen molar-refractivity contribution >= 4 is 21.6 Å². The lowest BCUT2D eigenvalue weighted by atomic mass is 9.96. The molecule has 1 heterocycles. The fourth-order valence-corrected chi connectivity index (χ4v) is 5.26. The summed E-state index contributed by atoms with van der Waals surface area (Å²) in [4.78, 5) is 12.6. The number of rotatable bonds is 6. The summed E-state index contributed by atoms with van der Waals surface area (Å²) in [5, 5.41) is 3.05. The van der Waals surface area contributed by atoms with Crippen LogP contribution in [0, 0.1) is 17.6 Å². The third kappa shape index (κ3) is 4.54. The summed E-state index contributed by atoms with van der Waals surface area (Å²) in [5.41, 5.74) is 2.99. The van der Waals surface area contributed by atoms with E-state index >= 15 is 0 Å². The lowest BCUT2D eigenvalue weighted by Crippen LogP contribution is -2.41. The molecule has 8 heteroatoms. The molecule has 5 nitrogen and oxygen atoms in total.